The van der Waals surface area contributed by atoms with Gasteiger partial charge in [-0.05, 0) is 19.9 Å². The van der Waals surface area contributed by atoms with Crippen molar-refractivity contribution < 1.29 is 0 Å². The summed E-state index contributed by atoms with van der Waals surface area (Å²) in [7, 11) is 0. The van der Waals surface area contributed by atoms with Gasteiger partial charge < -0.3 is 5.32 Å². The van der Waals surface area contributed by atoms with Gasteiger partial charge in [-0.1, -0.05) is 30.3 Å². The number of nitrogens with one attached hydrogen (secondary N) is 1. The van der Waals surface area contributed by atoms with Crippen LogP contribution >= 0.6 is 11.3 Å². The molecule has 0 fully saturated rings. The second-order valence-electron chi connectivity index (χ2n) is 6.00. The summed E-state index contributed by atoms with van der Waals surface area (Å²) in [4.78, 5) is 14.8. The highest BCUT2D eigenvalue weighted by Crippen LogP contribution is 2.31. The normalized spacial score (nSPS) is 12.6. The third-order valence-electron chi connectivity index (χ3n) is 4.12. The minimum absolute atomic E-state index is 0.215. The minimum atomic E-state index is 0.215. The van der Waals surface area contributed by atoms with Gasteiger partial charge in [0.25, 0.3) is 0 Å². The minimum Gasteiger partial charge on any atom is -0.304 e. The van der Waals surface area contributed by atoms with Gasteiger partial charge >= 0.3 is 0 Å². The second kappa shape index (κ2) is 6.74. The monoisotopic (exact) mass is 349 g/mol. The molecule has 4 aromatic rings. The summed E-state index contributed by atoms with van der Waals surface area (Å²) in [5.41, 5.74) is 3.23. The van der Waals surface area contributed by atoms with Crippen molar-refractivity contribution in [3.8, 4) is 10.6 Å². The molecule has 3 aromatic heterocycles. The number of imidazole rings is 1. The Bertz CT molecular complexity index is 956. The lowest BCUT2D eigenvalue weighted by Gasteiger charge is -2.11. The van der Waals surface area contributed by atoms with Crippen LogP contribution in [0.3, 0.4) is 0 Å². The first-order chi connectivity index (χ1) is 12.2. The molecule has 4 rings (SSSR count). The summed E-state index contributed by atoms with van der Waals surface area (Å²) in [6, 6.07) is 12.4. The van der Waals surface area contributed by atoms with Gasteiger partial charge in [0.1, 0.15) is 5.01 Å². The van der Waals surface area contributed by atoms with Gasteiger partial charge in [-0.25, -0.2) is 15.0 Å². The van der Waals surface area contributed by atoms with Gasteiger partial charge in [-0.2, -0.15) is 0 Å². The Balaban J connectivity index is 1.49. The standard InChI is InChI=1S/C19H19N5S/c1-13(21-11-16-12-24-10-6-9-20-19(24)23-16)17-14(2)22-18(25-17)15-7-4-3-5-8-15/h3-10,12-13,21H,11H2,1-2H3. The summed E-state index contributed by atoms with van der Waals surface area (Å²) >= 11 is 1.75. The van der Waals surface area contributed by atoms with E-state index in [9.17, 15) is 0 Å². The molecule has 25 heavy (non-hydrogen) atoms. The summed E-state index contributed by atoms with van der Waals surface area (Å²) in [5, 5.41) is 4.62. The van der Waals surface area contributed by atoms with Crippen LogP contribution in [0.1, 0.15) is 29.2 Å². The predicted molar refractivity (Wildman–Crippen MR) is 101 cm³/mol. The molecule has 0 amide bonds. The Labute approximate surface area is 150 Å². The number of aryl methyl sites for hydroxylation is 1. The smallest absolute Gasteiger partial charge is 0.233 e. The lowest BCUT2D eigenvalue weighted by atomic mass is 10.2. The number of benzene rings is 1. The quantitative estimate of drug-likeness (QED) is 0.591. The molecular weight excluding hydrogens is 330 g/mol. The third kappa shape index (κ3) is 3.31. The van der Waals surface area contributed by atoms with Crippen LogP contribution in [-0.4, -0.2) is 19.4 Å². The van der Waals surface area contributed by atoms with Crippen LogP contribution in [0.2, 0.25) is 0 Å². The van der Waals surface area contributed by atoms with Crippen LogP contribution in [0.15, 0.2) is 55.0 Å². The van der Waals surface area contributed by atoms with E-state index in [0.29, 0.717) is 6.54 Å². The van der Waals surface area contributed by atoms with E-state index in [-0.39, 0.29) is 6.04 Å². The molecular formula is C19H19N5S. The first-order valence-electron chi connectivity index (χ1n) is 8.25. The first kappa shape index (κ1) is 15.9. The lowest BCUT2D eigenvalue weighted by Crippen LogP contribution is -2.18. The SMILES string of the molecule is Cc1nc(-c2ccccc2)sc1C(C)NCc1cn2cccnc2n1. The number of nitrogens with zero attached hydrogens (tertiary/aromatic N) is 4. The van der Waals surface area contributed by atoms with Crippen molar-refractivity contribution in [2.45, 2.75) is 26.4 Å². The molecule has 1 N–H and O–H groups in total. The molecule has 3 heterocycles. The van der Waals surface area contributed by atoms with Crippen LogP contribution in [0.25, 0.3) is 16.3 Å². The van der Waals surface area contributed by atoms with Crippen molar-refractivity contribution in [2.24, 2.45) is 0 Å². The van der Waals surface area contributed by atoms with Gasteiger partial charge in [0.15, 0.2) is 0 Å². The molecule has 6 heteroatoms. The van der Waals surface area contributed by atoms with E-state index in [1.807, 2.05) is 41.1 Å². The maximum Gasteiger partial charge on any atom is 0.233 e. The predicted octanol–water partition coefficient (Wildman–Crippen LogP) is 4.01. The fourth-order valence-corrected chi connectivity index (χ4v) is 3.93. The lowest BCUT2D eigenvalue weighted by molar-refractivity contribution is 0.573. The van der Waals surface area contributed by atoms with E-state index in [2.05, 4.69) is 41.3 Å². The van der Waals surface area contributed by atoms with Crippen molar-refractivity contribution in [1.82, 2.24) is 24.7 Å². The average molecular weight is 349 g/mol. The van der Waals surface area contributed by atoms with Crippen LogP contribution in [0, 0.1) is 6.92 Å². The van der Waals surface area contributed by atoms with Crippen molar-refractivity contribution >= 4 is 17.1 Å². The van der Waals surface area contributed by atoms with Gasteiger partial charge in [0.2, 0.25) is 5.78 Å². The highest BCUT2D eigenvalue weighted by Gasteiger charge is 2.15. The van der Waals surface area contributed by atoms with Gasteiger partial charge in [0.05, 0.1) is 11.4 Å². The summed E-state index contributed by atoms with van der Waals surface area (Å²) in [5.74, 6) is 0.729. The zero-order chi connectivity index (χ0) is 17.2. The molecule has 0 aliphatic rings. The van der Waals surface area contributed by atoms with Crippen LogP contribution in [0.5, 0.6) is 0 Å². The highest BCUT2D eigenvalue weighted by atomic mass is 32.1. The van der Waals surface area contributed by atoms with Crippen molar-refractivity contribution in [3.63, 3.8) is 0 Å². The summed E-state index contributed by atoms with van der Waals surface area (Å²) in [6.07, 6.45) is 5.73. The van der Waals surface area contributed by atoms with Crippen LogP contribution in [0.4, 0.5) is 0 Å². The van der Waals surface area contributed by atoms with Gasteiger partial charge in [-0.15, -0.1) is 11.3 Å². The van der Waals surface area contributed by atoms with E-state index < -0.39 is 0 Å². The number of rotatable bonds is 5. The maximum absolute atomic E-state index is 4.74. The number of fused-ring (bicyclic) bond motifs is 1. The fraction of sp³-hybridized carbons (Fsp3) is 0.211. The molecule has 1 aromatic carbocycles. The highest BCUT2D eigenvalue weighted by molar-refractivity contribution is 7.15. The zero-order valence-electron chi connectivity index (χ0n) is 14.2. The second-order valence-corrected chi connectivity index (χ2v) is 7.03. The number of aromatic nitrogens is 4. The molecule has 5 nitrogen and oxygen atoms in total. The molecule has 0 radical (unpaired) electrons. The topological polar surface area (TPSA) is 55.1 Å². The average Bonchev–Trinajstić information content (AvgIpc) is 3.23. The van der Waals surface area contributed by atoms with Gasteiger partial charge in [0, 0.05) is 41.6 Å². The van der Waals surface area contributed by atoms with Crippen LogP contribution < -0.4 is 5.32 Å². The Hall–Kier alpha value is -2.57. The fourth-order valence-electron chi connectivity index (χ4n) is 2.83. The molecule has 1 atom stereocenters. The third-order valence-corrected chi connectivity index (χ3v) is 5.51. The number of hydrogen-bond donors (Lipinski definition) is 1. The summed E-state index contributed by atoms with van der Waals surface area (Å²) < 4.78 is 1.94. The van der Waals surface area contributed by atoms with Crippen molar-refractivity contribution in [2.75, 3.05) is 0 Å². The van der Waals surface area contributed by atoms with Crippen molar-refractivity contribution in [3.05, 3.63) is 71.3 Å². The Morgan fingerprint density at radius 1 is 1.16 bits per heavy atom. The van der Waals surface area contributed by atoms with E-state index >= 15 is 0 Å². The van der Waals surface area contributed by atoms with E-state index in [4.69, 9.17) is 4.98 Å². The first-order valence-corrected chi connectivity index (χ1v) is 9.07. The molecule has 126 valence electrons. The molecule has 1 unspecified atom stereocenters. The molecule has 0 aliphatic carbocycles. The van der Waals surface area contributed by atoms with Crippen molar-refractivity contribution in [1.29, 1.82) is 0 Å². The van der Waals surface area contributed by atoms with E-state index in [0.717, 1.165) is 22.2 Å². The Kier molecular flexibility index (Phi) is 4.29. The molecule has 0 saturated heterocycles. The number of hydrogen-bond acceptors (Lipinski definition) is 5. The molecule has 0 spiro atoms. The van der Waals surface area contributed by atoms with Crippen LogP contribution in [-0.2, 0) is 6.54 Å². The van der Waals surface area contributed by atoms with E-state index in [1.54, 1.807) is 17.5 Å². The molecule has 0 saturated carbocycles. The maximum atomic E-state index is 4.74. The largest absolute Gasteiger partial charge is 0.304 e. The van der Waals surface area contributed by atoms with E-state index in [1.165, 1.54) is 10.4 Å². The zero-order valence-corrected chi connectivity index (χ0v) is 15.0. The summed E-state index contributed by atoms with van der Waals surface area (Å²) in [6.45, 7) is 4.94. The molecule has 0 aliphatic heterocycles. The Morgan fingerprint density at radius 3 is 2.80 bits per heavy atom. The van der Waals surface area contributed by atoms with Gasteiger partial charge in [-0.3, -0.25) is 4.40 Å². The number of thiazole rings is 1. The molecule has 0 bridgehead atoms. The Morgan fingerprint density at radius 2 is 2.00 bits per heavy atom.